The Bertz CT molecular complexity index is 355. The van der Waals surface area contributed by atoms with Crippen LogP contribution in [0.25, 0.3) is 0 Å². The van der Waals surface area contributed by atoms with Gasteiger partial charge in [-0.3, -0.25) is 9.69 Å². The number of amides is 1. The Kier molecular flexibility index (Phi) is 4.29. The van der Waals surface area contributed by atoms with Crippen LogP contribution in [-0.2, 0) is 9.53 Å². The second-order valence-corrected chi connectivity index (χ2v) is 6.67. The lowest BCUT2D eigenvalue weighted by molar-refractivity contribution is -0.136. The van der Waals surface area contributed by atoms with E-state index in [1.807, 2.05) is 4.90 Å². The van der Waals surface area contributed by atoms with Gasteiger partial charge in [0.1, 0.15) is 6.04 Å². The zero-order valence-corrected chi connectivity index (χ0v) is 12.5. The van der Waals surface area contributed by atoms with Crippen LogP contribution >= 0.6 is 0 Å². The highest BCUT2D eigenvalue weighted by atomic mass is 16.5. The molecule has 0 aromatic rings. The molecule has 4 atom stereocenters. The number of carbonyl (C=O) groups is 1. The first-order chi connectivity index (χ1) is 9.69. The summed E-state index contributed by atoms with van der Waals surface area (Å²) in [6, 6.07) is 0.285. The van der Waals surface area contributed by atoms with Gasteiger partial charge < -0.3 is 15.4 Å². The number of carbonyl (C=O) groups excluding carboxylic acids is 1. The summed E-state index contributed by atoms with van der Waals surface area (Å²) in [7, 11) is 1.58. The average molecular weight is 281 g/mol. The Labute approximate surface area is 121 Å². The third-order valence-corrected chi connectivity index (χ3v) is 5.46. The minimum absolute atomic E-state index is 0.0412. The van der Waals surface area contributed by atoms with E-state index in [1.165, 1.54) is 25.7 Å². The summed E-state index contributed by atoms with van der Waals surface area (Å²) in [5.41, 5.74) is 5.83. The highest BCUT2D eigenvalue weighted by Crippen LogP contribution is 2.46. The number of piperazine rings is 1. The molecule has 0 radical (unpaired) electrons. The van der Waals surface area contributed by atoms with Gasteiger partial charge in [-0.15, -0.1) is 0 Å². The van der Waals surface area contributed by atoms with Gasteiger partial charge in [-0.1, -0.05) is 6.42 Å². The molecule has 5 nitrogen and oxygen atoms in total. The molecule has 2 saturated carbocycles. The molecular formula is C15H27N3O2. The van der Waals surface area contributed by atoms with Crippen LogP contribution in [0.15, 0.2) is 0 Å². The number of hydrogen-bond acceptors (Lipinski definition) is 4. The Balaban J connectivity index is 1.48. The summed E-state index contributed by atoms with van der Waals surface area (Å²) in [6.07, 6.45) is 5.71. The lowest BCUT2D eigenvalue weighted by Crippen LogP contribution is -2.56. The van der Waals surface area contributed by atoms with E-state index >= 15 is 0 Å². The van der Waals surface area contributed by atoms with E-state index in [9.17, 15) is 4.79 Å². The molecule has 3 rings (SSSR count). The SMILES string of the molecule is COCC(N)C(=O)N1CCN(C2CC3CCC2C3)CC1. The van der Waals surface area contributed by atoms with Crippen LogP contribution in [0, 0.1) is 11.8 Å². The maximum absolute atomic E-state index is 12.1. The van der Waals surface area contributed by atoms with E-state index in [2.05, 4.69) is 4.90 Å². The first-order valence-corrected chi connectivity index (χ1v) is 7.96. The standard InChI is InChI=1S/C15H27N3O2/c1-20-10-13(16)15(19)18-6-4-17(5-7-18)14-9-11-2-3-12(14)8-11/h11-14H,2-10,16H2,1H3. The van der Waals surface area contributed by atoms with Crippen LogP contribution < -0.4 is 5.73 Å². The van der Waals surface area contributed by atoms with Crippen molar-refractivity contribution in [3.63, 3.8) is 0 Å². The maximum Gasteiger partial charge on any atom is 0.241 e. The number of ether oxygens (including phenoxy) is 1. The summed E-state index contributed by atoms with van der Waals surface area (Å²) >= 11 is 0. The fraction of sp³-hybridized carbons (Fsp3) is 0.933. The molecule has 0 aromatic heterocycles. The molecule has 3 fully saturated rings. The van der Waals surface area contributed by atoms with Crippen molar-refractivity contribution in [2.24, 2.45) is 17.6 Å². The number of methoxy groups -OCH3 is 1. The van der Waals surface area contributed by atoms with Gasteiger partial charge in [-0.05, 0) is 31.1 Å². The van der Waals surface area contributed by atoms with Crippen molar-refractivity contribution >= 4 is 5.91 Å². The molecule has 0 aromatic carbocycles. The van der Waals surface area contributed by atoms with Gasteiger partial charge in [-0.25, -0.2) is 0 Å². The summed E-state index contributed by atoms with van der Waals surface area (Å²) in [4.78, 5) is 16.7. The Hall–Kier alpha value is -0.650. The van der Waals surface area contributed by atoms with Crippen molar-refractivity contribution in [1.29, 1.82) is 0 Å². The van der Waals surface area contributed by atoms with Gasteiger partial charge in [0.2, 0.25) is 5.91 Å². The Morgan fingerprint density at radius 3 is 2.55 bits per heavy atom. The molecule has 20 heavy (non-hydrogen) atoms. The van der Waals surface area contributed by atoms with Crippen molar-refractivity contribution in [2.45, 2.75) is 37.8 Å². The zero-order chi connectivity index (χ0) is 14.1. The van der Waals surface area contributed by atoms with Crippen molar-refractivity contribution in [3.8, 4) is 0 Å². The number of fused-ring (bicyclic) bond motifs is 2. The molecule has 5 heteroatoms. The van der Waals surface area contributed by atoms with Gasteiger partial charge in [0.15, 0.2) is 0 Å². The fourth-order valence-electron chi connectivity index (χ4n) is 4.42. The molecular weight excluding hydrogens is 254 g/mol. The van der Waals surface area contributed by atoms with Crippen LogP contribution in [0.5, 0.6) is 0 Å². The van der Waals surface area contributed by atoms with Gasteiger partial charge in [0.25, 0.3) is 0 Å². The zero-order valence-electron chi connectivity index (χ0n) is 12.5. The predicted molar refractivity (Wildman–Crippen MR) is 77.2 cm³/mol. The summed E-state index contributed by atoms with van der Waals surface area (Å²) < 4.78 is 4.97. The lowest BCUT2D eigenvalue weighted by atomic mass is 9.93. The molecule has 2 bridgehead atoms. The fourth-order valence-corrected chi connectivity index (χ4v) is 4.42. The molecule has 2 aliphatic carbocycles. The summed E-state index contributed by atoms with van der Waals surface area (Å²) in [5, 5.41) is 0. The van der Waals surface area contributed by atoms with Crippen LogP contribution in [0.2, 0.25) is 0 Å². The highest BCUT2D eigenvalue weighted by molar-refractivity contribution is 5.81. The van der Waals surface area contributed by atoms with E-state index < -0.39 is 6.04 Å². The van der Waals surface area contributed by atoms with E-state index in [-0.39, 0.29) is 5.91 Å². The van der Waals surface area contributed by atoms with Crippen molar-refractivity contribution in [3.05, 3.63) is 0 Å². The van der Waals surface area contributed by atoms with Crippen molar-refractivity contribution < 1.29 is 9.53 Å². The monoisotopic (exact) mass is 281 g/mol. The normalized spacial score (nSPS) is 35.5. The highest BCUT2D eigenvalue weighted by Gasteiger charge is 2.43. The number of rotatable bonds is 4. The van der Waals surface area contributed by atoms with E-state index in [0.717, 1.165) is 44.1 Å². The Morgan fingerprint density at radius 1 is 1.25 bits per heavy atom. The van der Waals surface area contributed by atoms with Crippen molar-refractivity contribution in [2.75, 3.05) is 39.9 Å². The molecule has 1 heterocycles. The second-order valence-electron chi connectivity index (χ2n) is 6.67. The number of nitrogens with two attached hydrogens (primary N) is 1. The largest absolute Gasteiger partial charge is 0.383 e. The Morgan fingerprint density at radius 2 is 2.00 bits per heavy atom. The number of nitrogens with zero attached hydrogens (tertiary/aromatic N) is 2. The van der Waals surface area contributed by atoms with Crippen molar-refractivity contribution in [1.82, 2.24) is 9.80 Å². The van der Waals surface area contributed by atoms with Gasteiger partial charge >= 0.3 is 0 Å². The second kappa shape index (κ2) is 6.00. The predicted octanol–water partition coefficient (Wildman–Crippen LogP) is 0.293. The summed E-state index contributed by atoms with van der Waals surface area (Å²) in [5.74, 6) is 1.96. The topological polar surface area (TPSA) is 58.8 Å². The molecule has 0 spiro atoms. The van der Waals surface area contributed by atoms with Crippen LogP contribution in [0.1, 0.15) is 25.7 Å². The third-order valence-electron chi connectivity index (χ3n) is 5.46. The van der Waals surface area contributed by atoms with Crippen LogP contribution in [0.3, 0.4) is 0 Å². The molecule has 3 aliphatic rings. The van der Waals surface area contributed by atoms with Gasteiger partial charge in [0.05, 0.1) is 6.61 Å². The van der Waals surface area contributed by atoms with E-state index in [0.29, 0.717) is 6.61 Å². The molecule has 1 amide bonds. The average Bonchev–Trinajstić information content (AvgIpc) is 3.09. The third kappa shape index (κ3) is 2.71. The molecule has 1 aliphatic heterocycles. The quantitative estimate of drug-likeness (QED) is 0.805. The van der Waals surface area contributed by atoms with Crippen LogP contribution in [0.4, 0.5) is 0 Å². The summed E-state index contributed by atoms with van der Waals surface area (Å²) in [6.45, 7) is 3.98. The first kappa shape index (κ1) is 14.3. The number of hydrogen-bond donors (Lipinski definition) is 1. The van der Waals surface area contributed by atoms with Gasteiger partial charge in [0, 0.05) is 39.3 Å². The first-order valence-electron chi connectivity index (χ1n) is 7.96. The smallest absolute Gasteiger partial charge is 0.241 e. The minimum atomic E-state index is -0.506. The molecule has 2 N–H and O–H groups in total. The molecule has 4 unspecified atom stereocenters. The van der Waals surface area contributed by atoms with Crippen LogP contribution in [-0.4, -0.2) is 67.7 Å². The van der Waals surface area contributed by atoms with Gasteiger partial charge in [-0.2, -0.15) is 0 Å². The van der Waals surface area contributed by atoms with E-state index in [4.69, 9.17) is 10.5 Å². The maximum atomic E-state index is 12.1. The van der Waals surface area contributed by atoms with E-state index in [1.54, 1.807) is 7.11 Å². The molecule has 1 saturated heterocycles. The minimum Gasteiger partial charge on any atom is -0.383 e. The molecule has 114 valence electrons. The lowest BCUT2D eigenvalue weighted by Gasteiger charge is -2.41.